The summed E-state index contributed by atoms with van der Waals surface area (Å²) in [6, 6.07) is 2.21. The maximum Gasteiger partial charge on any atom is 0.226 e. The minimum Gasteiger partial charge on any atom is -0.356 e. The number of hydrogen-bond donors (Lipinski definition) is 2. The fraction of sp³-hybridized carbons (Fsp3) is 0.644. The van der Waals surface area contributed by atoms with Crippen LogP contribution in [0.25, 0.3) is 0 Å². The van der Waals surface area contributed by atoms with E-state index in [1.807, 2.05) is 26.0 Å². The molecule has 2 N–H and O–H groups in total. The molecule has 0 aromatic rings. The zero-order valence-electron chi connectivity index (χ0n) is 42.2. The van der Waals surface area contributed by atoms with Crippen LogP contribution in [0.3, 0.4) is 0 Å². The lowest BCUT2D eigenvalue weighted by molar-refractivity contribution is -0.178. The molecule has 0 aromatic carbocycles. The molecule has 0 bridgehead atoms. The predicted molar refractivity (Wildman–Crippen MR) is 271 cm³/mol. The number of allylic oxidation sites excluding steroid dienone is 16. The molecule has 7 nitrogen and oxygen atoms in total. The van der Waals surface area contributed by atoms with Crippen molar-refractivity contribution in [2.45, 2.75) is 177 Å². The number of nitrogens with zero attached hydrogens (tertiary/aromatic N) is 1. The summed E-state index contributed by atoms with van der Waals surface area (Å²) < 4.78 is 0. The molecule has 5 aliphatic carbocycles. The van der Waals surface area contributed by atoms with E-state index in [1.165, 1.54) is 0 Å². The third-order valence-electron chi connectivity index (χ3n) is 17.2. The van der Waals surface area contributed by atoms with Crippen LogP contribution >= 0.6 is 0 Å². The van der Waals surface area contributed by atoms with Crippen LogP contribution in [0.1, 0.15) is 177 Å². The summed E-state index contributed by atoms with van der Waals surface area (Å²) in [6.07, 6.45) is 46.9. The van der Waals surface area contributed by atoms with Gasteiger partial charge in [-0.3, -0.25) is 19.2 Å². The number of nitrogens with one attached hydrogen (secondary N) is 2. The van der Waals surface area contributed by atoms with Crippen LogP contribution in [0.2, 0.25) is 0 Å². The number of Topliss-reactive ketones (excluding diaryl/α,β-unsaturated/α-hetero) is 1. The quantitative estimate of drug-likeness (QED) is 0.0829. The van der Waals surface area contributed by atoms with E-state index in [1.54, 1.807) is 0 Å². The summed E-state index contributed by atoms with van der Waals surface area (Å²) in [5, 5.41) is 16.5. The highest BCUT2D eigenvalue weighted by atomic mass is 16.2. The third kappa shape index (κ3) is 11.7. The summed E-state index contributed by atoms with van der Waals surface area (Å²) in [6.45, 7) is 18.9. The van der Waals surface area contributed by atoms with Crippen molar-refractivity contribution in [3.8, 4) is 6.07 Å². The zero-order chi connectivity index (χ0) is 48.1. The van der Waals surface area contributed by atoms with E-state index in [-0.39, 0.29) is 63.0 Å². The van der Waals surface area contributed by atoms with Crippen LogP contribution in [0.5, 0.6) is 0 Å². The second kappa shape index (κ2) is 23.1. The maximum atomic E-state index is 14.9. The highest BCUT2D eigenvalue weighted by Crippen LogP contribution is 2.74. The molecule has 66 heavy (non-hydrogen) atoms. The Labute approximate surface area is 399 Å². The Morgan fingerprint density at radius 3 is 1.83 bits per heavy atom. The first kappa shape index (κ1) is 52.7. The van der Waals surface area contributed by atoms with Crippen LogP contribution in [-0.2, 0) is 19.2 Å². The number of ketones is 2. The molecule has 0 radical (unpaired) electrons. The smallest absolute Gasteiger partial charge is 0.226 e. The van der Waals surface area contributed by atoms with Crippen molar-refractivity contribution >= 4 is 23.4 Å². The molecule has 0 aliphatic heterocycles. The largest absolute Gasteiger partial charge is 0.356 e. The number of nitriles is 1. The van der Waals surface area contributed by atoms with Crippen molar-refractivity contribution in [2.24, 2.45) is 50.2 Å². The normalized spacial score (nSPS) is 31.5. The summed E-state index contributed by atoms with van der Waals surface area (Å²) in [5.41, 5.74) is -1.15. The van der Waals surface area contributed by atoms with Gasteiger partial charge in [-0.25, -0.2) is 0 Å². The molecule has 5 aliphatic rings. The number of hydrogen-bond acceptors (Lipinski definition) is 5. The summed E-state index contributed by atoms with van der Waals surface area (Å²) in [7, 11) is 0. The van der Waals surface area contributed by atoms with Crippen molar-refractivity contribution in [1.29, 1.82) is 5.26 Å². The molecule has 2 amide bonds. The SMILES string of the molecule is CC/C=C\C/C=C\C/C=C\C/C=C\C/C=C\C/C=C\CCC(=O)NCCCCCCNC(=O)[C@]12CCC(C)(C)C[C@H]1[C@H]1C(=O)C=C3[C@@]4(C)C=C(C#N)C(=O)C(C)(C)[C@@H]4CC[C@@]3(C)[C@]1(C)CC2. The molecule has 360 valence electrons. The van der Waals surface area contributed by atoms with Crippen molar-refractivity contribution in [3.63, 3.8) is 0 Å². The van der Waals surface area contributed by atoms with Crippen LogP contribution in [0, 0.1) is 61.6 Å². The average molecular weight is 900 g/mol. The lowest BCUT2D eigenvalue weighted by atomic mass is 9.34. The van der Waals surface area contributed by atoms with Gasteiger partial charge in [-0.15, -0.1) is 0 Å². The van der Waals surface area contributed by atoms with Gasteiger partial charge in [0.05, 0.1) is 11.0 Å². The molecule has 0 aromatic heterocycles. The van der Waals surface area contributed by atoms with Gasteiger partial charge in [0.2, 0.25) is 11.8 Å². The fourth-order valence-electron chi connectivity index (χ4n) is 13.2. The van der Waals surface area contributed by atoms with Gasteiger partial charge in [-0.1, -0.05) is 153 Å². The van der Waals surface area contributed by atoms with Crippen molar-refractivity contribution in [2.75, 3.05) is 13.1 Å². The number of amides is 2. The second-order valence-electron chi connectivity index (χ2n) is 22.4. The molecule has 5 rings (SSSR count). The van der Waals surface area contributed by atoms with E-state index >= 15 is 0 Å². The van der Waals surface area contributed by atoms with Crippen LogP contribution in [-0.4, -0.2) is 36.5 Å². The molecule has 3 saturated carbocycles. The van der Waals surface area contributed by atoms with Gasteiger partial charge in [-0.05, 0) is 137 Å². The lowest BCUT2D eigenvalue weighted by Crippen LogP contribution is -2.66. The Kier molecular flexibility index (Phi) is 18.5. The van der Waals surface area contributed by atoms with Gasteiger partial charge in [0.15, 0.2) is 11.6 Å². The van der Waals surface area contributed by atoms with Crippen LogP contribution in [0.15, 0.2) is 96.2 Å². The lowest BCUT2D eigenvalue weighted by Gasteiger charge is -2.69. The Balaban J connectivity index is 1.02. The molecule has 0 saturated heterocycles. The van der Waals surface area contributed by atoms with Gasteiger partial charge < -0.3 is 10.6 Å². The average Bonchev–Trinajstić information content (AvgIpc) is 3.27. The second-order valence-corrected chi connectivity index (χ2v) is 22.4. The zero-order valence-corrected chi connectivity index (χ0v) is 42.2. The number of unbranched alkanes of at least 4 members (excludes halogenated alkanes) is 3. The summed E-state index contributed by atoms with van der Waals surface area (Å²) >= 11 is 0. The number of rotatable bonds is 22. The van der Waals surface area contributed by atoms with E-state index in [0.717, 1.165) is 121 Å². The van der Waals surface area contributed by atoms with Crippen molar-refractivity contribution < 1.29 is 19.2 Å². The van der Waals surface area contributed by atoms with E-state index in [0.29, 0.717) is 19.5 Å². The van der Waals surface area contributed by atoms with Crippen molar-refractivity contribution in [1.82, 2.24) is 10.6 Å². The molecular weight excluding hydrogens is 815 g/mol. The van der Waals surface area contributed by atoms with E-state index in [4.69, 9.17) is 0 Å². The standard InChI is InChI=1S/C59H85N3O4/c1-9-10-11-12-13-14-15-16-17-18-19-20-21-22-23-24-25-26-29-32-50(64)61-39-30-27-28-31-40-62-53(66)59-37-35-54(2,3)43-46(59)51-47(63)41-49-56(6)42-45(44-60)52(65)55(4,5)48(56)33-34-57(49,7)58(51,8)36-38-59/h10-11,13-14,16-17,19-20,22-23,25-26,41-42,46,48,51H,9,12,15,18,21,24,27-40,43H2,1-8H3,(H,61,64)(H,62,66)/b11-10-,14-13-,17-16-,20-19-,23-22-,26-25-/t46-,48-,51-,56-,57+,58+,59-/m0/s1. The van der Waals surface area contributed by atoms with Crippen LogP contribution in [0.4, 0.5) is 0 Å². The van der Waals surface area contributed by atoms with E-state index in [9.17, 15) is 24.4 Å². The third-order valence-corrected chi connectivity index (χ3v) is 17.2. The first-order valence-electron chi connectivity index (χ1n) is 25.8. The summed E-state index contributed by atoms with van der Waals surface area (Å²) in [4.78, 5) is 55.3. The maximum absolute atomic E-state index is 14.9. The minimum absolute atomic E-state index is 0.00677. The van der Waals surface area contributed by atoms with Gasteiger partial charge in [0, 0.05) is 36.3 Å². The molecule has 0 unspecified atom stereocenters. The Morgan fingerprint density at radius 1 is 0.712 bits per heavy atom. The number of carbonyl (C=O) groups excluding carboxylic acids is 4. The monoisotopic (exact) mass is 900 g/mol. The van der Waals surface area contributed by atoms with Crippen LogP contribution < -0.4 is 10.6 Å². The first-order chi connectivity index (χ1) is 31.4. The minimum atomic E-state index is -0.697. The topological polar surface area (TPSA) is 116 Å². The Hall–Kier alpha value is -4.31. The highest BCUT2D eigenvalue weighted by molar-refractivity contribution is 6.04. The fourth-order valence-corrected chi connectivity index (χ4v) is 13.2. The van der Waals surface area contributed by atoms with Gasteiger partial charge in [0.1, 0.15) is 6.07 Å². The Morgan fingerprint density at radius 2 is 1.26 bits per heavy atom. The molecule has 0 spiro atoms. The van der Waals surface area contributed by atoms with Gasteiger partial charge >= 0.3 is 0 Å². The summed E-state index contributed by atoms with van der Waals surface area (Å²) in [5.74, 6) is -0.0428. The van der Waals surface area contributed by atoms with E-state index < -0.39 is 16.2 Å². The molecule has 7 heteroatoms. The highest BCUT2D eigenvalue weighted by Gasteiger charge is 2.70. The van der Waals surface area contributed by atoms with E-state index in [2.05, 4.69) is 131 Å². The molecule has 3 fully saturated rings. The molecule has 7 atom stereocenters. The molecule has 0 heterocycles. The predicted octanol–water partition coefficient (Wildman–Crippen LogP) is 13.5. The molecular formula is C59H85N3O4. The van der Waals surface area contributed by atoms with Crippen molar-refractivity contribution in [3.05, 3.63) is 96.2 Å². The first-order valence-corrected chi connectivity index (χ1v) is 25.8. The van der Waals surface area contributed by atoms with Gasteiger partial charge in [0.25, 0.3) is 0 Å². The van der Waals surface area contributed by atoms with Gasteiger partial charge in [-0.2, -0.15) is 5.26 Å². The Bertz CT molecular complexity index is 2030. The number of carbonyl (C=O) groups is 4. The number of fused-ring (bicyclic) bond motifs is 7.